The van der Waals surface area contributed by atoms with Gasteiger partial charge in [-0.15, -0.1) is 5.10 Å². The Morgan fingerprint density at radius 2 is 1.94 bits per heavy atom. The first-order valence-corrected chi connectivity index (χ1v) is 9.76. The molecule has 164 valence electrons. The van der Waals surface area contributed by atoms with Crippen LogP contribution in [0.3, 0.4) is 0 Å². The number of halogens is 1. The summed E-state index contributed by atoms with van der Waals surface area (Å²) in [5.41, 5.74) is 0.114. The van der Waals surface area contributed by atoms with Crippen molar-refractivity contribution < 1.29 is 19.0 Å². The van der Waals surface area contributed by atoms with Crippen LogP contribution in [0.4, 0.5) is 5.69 Å². The molecule has 0 fully saturated rings. The van der Waals surface area contributed by atoms with Gasteiger partial charge in [-0.05, 0) is 30.3 Å². The highest BCUT2D eigenvalue weighted by molar-refractivity contribution is 6.32. The predicted molar refractivity (Wildman–Crippen MR) is 117 cm³/mol. The largest absolute Gasteiger partial charge is 0.497 e. The number of amides is 1. The molecular weight excluding hydrogens is 438 g/mol. The highest BCUT2D eigenvalue weighted by Crippen LogP contribution is 2.27. The molecule has 0 bridgehead atoms. The molecule has 0 radical (unpaired) electrons. The van der Waals surface area contributed by atoms with Gasteiger partial charge in [0.05, 0.1) is 19.2 Å². The lowest BCUT2D eigenvalue weighted by Gasteiger charge is -2.07. The van der Waals surface area contributed by atoms with Gasteiger partial charge in [-0.25, -0.2) is 18.9 Å². The van der Waals surface area contributed by atoms with Crippen LogP contribution in [0.1, 0.15) is 0 Å². The van der Waals surface area contributed by atoms with E-state index >= 15 is 0 Å². The number of aromatic nitrogens is 4. The van der Waals surface area contributed by atoms with Crippen LogP contribution in [0.15, 0.2) is 59.7 Å². The number of rotatable bonds is 7. The van der Waals surface area contributed by atoms with Gasteiger partial charge in [0.25, 0.3) is 5.88 Å². The number of fused-ring (bicyclic) bond motifs is 1. The third kappa shape index (κ3) is 4.35. The van der Waals surface area contributed by atoms with Crippen molar-refractivity contribution in [2.24, 2.45) is 0 Å². The van der Waals surface area contributed by atoms with Gasteiger partial charge in [-0.3, -0.25) is 4.79 Å². The zero-order chi connectivity index (χ0) is 22.7. The van der Waals surface area contributed by atoms with Crippen molar-refractivity contribution >= 4 is 28.8 Å². The number of anilines is 1. The third-order valence-electron chi connectivity index (χ3n) is 4.45. The van der Waals surface area contributed by atoms with Crippen molar-refractivity contribution in [3.05, 3.63) is 70.4 Å². The molecule has 11 heteroatoms. The standard InChI is InChI=1S/C21H18ClN5O5/c1-30-14-4-3-5-15(11-14)32-20-19-25-27(21(29)26(19)9-8-23-20)12-18(28)24-13-6-7-17(31-2)16(22)10-13/h3-11H,12H2,1-2H3,(H,24,28). The van der Waals surface area contributed by atoms with Gasteiger partial charge in [-0.1, -0.05) is 17.7 Å². The molecule has 0 unspecified atom stereocenters. The zero-order valence-corrected chi connectivity index (χ0v) is 17.9. The Hall–Kier alpha value is -4.05. The Balaban J connectivity index is 1.56. The molecule has 2 heterocycles. The van der Waals surface area contributed by atoms with Crippen LogP contribution in [-0.4, -0.2) is 39.3 Å². The number of hydrogen-bond acceptors (Lipinski definition) is 7. The molecule has 4 rings (SSSR count). The lowest BCUT2D eigenvalue weighted by molar-refractivity contribution is -0.117. The van der Waals surface area contributed by atoms with E-state index in [1.54, 1.807) is 49.6 Å². The van der Waals surface area contributed by atoms with Crippen molar-refractivity contribution in [2.45, 2.75) is 6.54 Å². The van der Waals surface area contributed by atoms with E-state index in [0.29, 0.717) is 28.0 Å². The Kier molecular flexibility index (Phi) is 5.95. The predicted octanol–water partition coefficient (Wildman–Crippen LogP) is 2.99. The van der Waals surface area contributed by atoms with Crippen LogP contribution in [-0.2, 0) is 11.3 Å². The van der Waals surface area contributed by atoms with E-state index in [1.165, 1.54) is 23.9 Å². The maximum atomic E-state index is 12.7. The number of nitrogens with one attached hydrogen (secondary N) is 1. The van der Waals surface area contributed by atoms with E-state index in [1.807, 2.05) is 0 Å². The van der Waals surface area contributed by atoms with Crippen LogP contribution >= 0.6 is 11.6 Å². The fraction of sp³-hybridized carbons (Fsp3) is 0.143. The highest BCUT2D eigenvalue weighted by atomic mass is 35.5. The number of nitrogens with zero attached hydrogens (tertiary/aromatic N) is 4. The first kappa shape index (κ1) is 21.2. The summed E-state index contributed by atoms with van der Waals surface area (Å²) in [6.45, 7) is -0.317. The smallest absolute Gasteiger partial charge is 0.351 e. The SMILES string of the molecule is COc1cccc(Oc2nccn3c(=O)n(CC(=O)Nc4ccc(OC)c(Cl)c4)nc23)c1. The fourth-order valence-electron chi connectivity index (χ4n) is 2.96. The van der Waals surface area contributed by atoms with Gasteiger partial charge in [0, 0.05) is 24.1 Å². The second-order valence-electron chi connectivity index (χ2n) is 6.54. The van der Waals surface area contributed by atoms with Crippen LogP contribution in [0.2, 0.25) is 5.02 Å². The zero-order valence-electron chi connectivity index (χ0n) is 17.1. The molecule has 0 saturated heterocycles. The molecule has 1 amide bonds. The van der Waals surface area contributed by atoms with Gasteiger partial charge >= 0.3 is 5.69 Å². The quantitative estimate of drug-likeness (QED) is 0.456. The fourth-order valence-corrected chi connectivity index (χ4v) is 3.22. The molecule has 32 heavy (non-hydrogen) atoms. The molecule has 1 N–H and O–H groups in total. The maximum Gasteiger partial charge on any atom is 0.351 e. The van der Waals surface area contributed by atoms with Gasteiger partial charge < -0.3 is 19.5 Å². The van der Waals surface area contributed by atoms with Crippen LogP contribution in [0.25, 0.3) is 5.65 Å². The topological polar surface area (TPSA) is 109 Å². The summed E-state index contributed by atoms with van der Waals surface area (Å²) in [6.07, 6.45) is 2.86. The Morgan fingerprint density at radius 3 is 2.69 bits per heavy atom. The molecule has 2 aromatic heterocycles. The minimum atomic E-state index is -0.513. The van der Waals surface area contributed by atoms with Crippen molar-refractivity contribution in [1.82, 2.24) is 19.2 Å². The van der Waals surface area contributed by atoms with Crippen molar-refractivity contribution in [3.63, 3.8) is 0 Å². The summed E-state index contributed by atoms with van der Waals surface area (Å²) in [5.74, 6) is 1.20. The Labute approximate surface area is 186 Å². The molecule has 0 aliphatic heterocycles. The van der Waals surface area contributed by atoms with E-state index in [2.05, 4.69) is 15.4 Å². The molecular formula is C21H18ClN5O5. The summed E-state index contributed by atoms with van der Waals surface area (Å²) < 4.78 is 18.3. The summed E-state index contributed by atoms with van der Waals surface area (Å²) in [7, 11) is 3.04. The van der Waals surface area contributed by atoms with Crippen LogP contribution in [0.5, 0.6) is 23.1 Å². The molecule has 0 saturated carbocycles. The number of carbonyl (C=O) groups is 1. The van der Waals surface area contributed by atoms with E-state index in [9.17, 15) is 9.59 Å². The Bertz CT molecular complexity index is 1350. The van der Waals surface area contributed by atoms with Crippen molar-refractivity contribution in [3.8, 4) is 23.1 Å². The number of ether oxygens (including phenoxy) is 3. The maximum absolute atomic E-state index is 12.7. The monoisotopic (exact) mass is 455 g/mol. The average molecular weight is 456 g/mol. The molecule has 0 aliphatic carbocycles. The van der Waals surface area contributed by atoms with Gasteiger partial charge in [0.2, 0.25) is 11.6 Å². The number of benzene rings is 2. The second-order valence-corrected chi connectivity index (χ2v) is 6.95. The van der Waals surface area contributed by atoms with Crippen molar-refractivity contribution in [2.75, 3.05) is 19.5 Å². The van der Waals surface area contributed by atoms with Gasteiger partial charge in [0.15, 0.2) is 0 Å². The molecule has 0 atom stereocenters. The van der Waals surface area contributed by atoms with Gasteiger partial charge in [0.1, 0.15) is 23.8 Å². The normalized spacial score (nSPS) is 10.7. The lowest BCUT2D eigenvalue weighted by Crippen LogP contribution is -2.28. The highest BCUT2D eigenvalue weighted by Gasteiger charge is 2.16. The van der Waals surface area contributed by atoms with E-state index in [4.69, 9.17) is 25.8 Å². The number of hydrogen-bond donors (Lipinski definition) is 1. The number of methoxy groups -OCH3 is 2. The lowest BCUT2D eigenvalue weighted by atomic mass is 10.3. The van der Waals surface area contributed by atoms with Crippen LogP contribution in [0, 0.1) is 0 Å². The molecule has 2 aromatic carbocycles. The summed E-state index contributed by atoms with van der Waals surface area (Å²) >= 11 is 6.08. The van der Waals surface area contributed by atoms with E-state index in [-0.39, 0.29) is 18.1 Å². The summed E-state index contributed by atoms with van der Waals surface area (Å²) in [6, 6.07) is 11.7. The molecule has 0 spiro atoms. The van der Waals surface area contributed by atoms with Crippen LogP contribution < -0.4 is 25.2 Å². The van der Waals surface area contributed by atoms with Crippen molar-refractivity contribution in [1.29, 1.82) is 0 Å². The average Bonchev–Trinajstić information content (AvgIpc) is 3.10. The van der Waals surface area contributed by atoms with E-state index in [0.717, 1.165) is 4.68 Å². The molecule has 0 aliphatic rings. The minimum Gasteiger partial charge on any atom is -0.497 e. The molecule has 10 nitrogen and oxygen atoms in total. The number of carbonyl (C=O) groups excluding carboxylic acids is 1. The minimum absolute atomic E-state index is 0.110. The second kappa shape index (κ2) is 8.98. The summed E-state index contributed by atoms with van der Waals surface area (Å²) in [5, 5.41) is 7.24. The third-order valence-corrected chi connectivity index (χ3v) is 4.75. The Morgan fingerprint density at radius 1 is 1.12 bits per heavy atom. The summed E-state index contributed by atoms with van der Waals surface area (Å²) in [4.78, 5) is 29.3. The first-order valence-electron chi connectivity index (χ1n) is 9.38. The molecule has 4 aromatic rings. The van der Waals surface area contributed by atoms with Gasteiger partial charge in [-0.2, -0.15) is 0 Å². The first-order chi connectivity index (χ1) is 15.5. The van der Waals surface area contributed by atoms with E-state index < -0.39 is 11.6 Å².